The van der Waals surface area contributed by atoms with E-state index in [0.717, 1.165) is 10.2 Å². The molecular weight excluding hydrogens is 267 g/mol. The van der Waals surface area contributed by atoms with Gasteiger partial charge in [-0.15, -0.1) is 5.10 Å². The number of nitrogen functional groups attached to an aromatic ring is 1. The van der Waals surface area contributed by atoms with Crippen molar-refractivity contribution in [2.75, 3.05) is 5.73 Å². The largest absolute Gasteiger partial charge is 0.381 e. The highest BCUT2D eigenvalue weighted by molar-refractivity contribution is 9.10. The Bertz CT molecular complexity index is 449. The molecule has 4 nitrogen and oxygen atoms in total. The number of pyridine rings is 1. The number of aromatic nitrogens is 3. The van der Waals surface area contributed by atoms with E-state index >= 15 is 0 Å². The van der Waals surface area contributed by atoms with Crippen LogP contribution in [-0.4, -0.2) is 14.8 Å². The van der Waals surface area contributed by atoms with E-state index in [9.17, 15) is 0 Å². The summed E-state index contributed by atoms with van der Waals surface area (Å²) >= 11 is 9.21. The molecule has 0 saturated heterocycles. The zero-order chi connectivity index (χ0) is 10.1. The van der Waals surface area contributed by atoms with Gasteiger partial charge < -0.3 is 5.73 Å². The fraction of sp³-hybridized carbons (Fsp3) is 0. The second-order valence-electron chi connectivity index (χ2n) is 2.63. The van der Waals surface area contributed by atoms with Gasteiger partial charge in [0.1, 0.15) is 0 Å². The summed E-state index contributed by atoms with van der Waals surface area (Å²) in [6.45, 7) is 0. The SMILES string of the molecule is Nc1nn(-c2ccncc2Cl)cc1Br. The van der Waals surface area contributed by atoms with Crippen LogP contribution in [0.25, 0.3) is 5.69 Å². The Morgan fingerprint density at radius 1 is 1.50 bits per heavy atom. The first-order chi connectivity index (χ1) is 6.68. The number of nitrogens with zero attached hydrogens (tertiary/aromatic N) is 3. The Kier molecular flexibility index (Phi) is 2.43. The molecule has 0 aliphatic carbocycles. The molecule has 0 bridgehead atoms. The van der Waals surface area contributed by atoms with Crippen molar-refractivity contribution in [1.82, 2.24) is 14.8 Å². The lowest BCUT2D eigenvalue weighted by Crippen LogP contribution is -1.97. The molecule has 0 aromatic carbocycles. The van der Waals surface area contributed by atoms with Gasteiger partial charge in [-0.1, -0.05) is 11.6 Å². The van der Waals surface area contributed by atoms with Crippen molar-refractivity contribution in [2.24, 2.45) is 0 Å². The number of hydrogen-bond donors (Lipinski definition) is 1. The van der Waals surface area contributed by atoms with Gasteiger partial charge in [-0.3, -0.25) is 4.98 Å². The van der Waals surface area contributed by atoms with Gasteiger partial charge in [0.15, 0.2) is 5.82 Å². The summed E-state index contributed by atoms with van der Waals surface area (Å²) in [4.78, 5) is 3.88. The minimum atomic E-state index is 0.429. The maximum atomic E-state index is 5.94. The Hall–Kier alpha value is -1.07. The predicted octanol–water partition coefficient (Wildman–Crippen LogP) is 2.27. The number of halogens is 2. The summed E-state index contributed by atoms with van der Waals surface area (Å²) in [5.74, 6) is 0.429. The molecule has 2 N–H and O–H groups in total. The monoisotopic (exact) mass is 272 g/mol. The van der Waals surface area contributed by atoms with E-state index in [-0.39, 0.29) is 0 Å². The first-order valence-corrected chi connectivity index (χ1v) is 4.96. The van der Waals surface area contributed by atoms with Crippen LogP contribution in [0.1, 0.15) is 0 Å². The molecule has 6 heteroatoms. The Morgan fingerprint density at radius 2 is 2.29 bits per heavy atom. The number of anilines is 1. The molecule has 14 heavy (non-hydrogen) atoms. The maximum Gasteiger partial charge on any atom is 0.160 e. The van der Waals surface area contributed by atoms with Crippen LogP contribution in [0.3, 0.4) is 0 Å². The molecule has 0 fully saturated rings. The molecule has 2 rings (SSSR count). The predicted molar refractivity (Wildman–Crippen MR) is 58.5 cm³/mol. The van der Waals surface area contributed by atoms with Crippen molar-refractivity contribution in [1.29, 1.82) is 0 Å². The standard InChI is InChI=1S/C8H6BrClN4/c9-5-4-14(13-8(5)11)7-1-2-12-3-6(7)10/h1-4H,(H2,11,13). The van der Waals surface area contributed by atoms with E-state index in [1.165, 1.54) is 0 Å². The van der Waals surface area contributed by atoms with Gasteiger partial charge in [-0.2, -0.15) is 0 Å². The molecule has 0 unspecified atom stereocenters. The molecule has 2 aromatic rings. The van der Waals surface area contributed by atoms with Gasteiger partial charge in [0.2, 0.25) is 0 Å². The third kappa shape index (κ3) is 1.60. The molecule has 2 aromatic heterocycles. The summed E-state index contributed by atoms with van der Waals surface area (Å²) in [7, 11) is 0. The zero-order valence-corrected chi connectivity index (χ0v) is 9.33. The third-order valence-corrected chi connectivity index (χ3v) is 2.60. The van der Waals surface area contributed by atoms with Crippen molar-refractivity contribution in [2.45, 2.75) is 0 Å². The summed E-state index contributed by atoms with van der Waals surface area (Å²) in [6.07, 6.45) is 4.95. The highest BCUT2D eigenvalue weighted by Crippen LogP contribution is 2.23. The van der Waals surface area contributed by atoms with Crippen LogP contribution in [0, 0.1) is 0 Å². The van der Waals surface area contributed by atoms with Gasteiger partial charge in [0.05, 0.1) is 15.2 Å². The Morgan fingerprint density at radius 3 is 2.86 bits per heavy atom. The highest BCUT2D eigenvalue weighted by atomic mass is 79.9. The molecule has 0 aliphatic heterocycles. The van der Waals surface area contributed by atoms with Crippen LogP contribution >= 0.6 is 27.5 Å². The molecule has 72 valence electrons. The minimum Gasteiger partial charge on any atom is -0.381 e. The fourth-order valence-electron chi connectivity index (χ4n) is 1.04. The number of hydrogen-bond acceptors (Lipinski definition) is 3. The first kappa shape index (κ1) is 9.48. The molecule has 0 amide bonds. The summed E-state index contributed by atoms with van der Waals surface area (Å²) < 4.78 is 2.34. The summed E-state index contributed by atoms with van der Waals surface area (Å²) in [5.41, 5.74) is 6.34. The second-order valence-corrected chi connectivity index (χ2v) is 3.90. The molecule has 0 radical (unpaired) electrons. The maximum absolute atomic E-state index is 5.94. The van der Waals surface area contributed by atoms with Crippen molar-refractivity contribution in [3.05, 3.63) is 34.2 Å². The van der Waals surface area contributed by atoms with Gasteiger partial charge in [-0.05, 0) is 22.0 Å². The van der Waals surface area contributed by atoms with Gasteiger partial charge in [-0.25, -0.2) is 4.68 Å². The van der Waals surface area contributed by atoms with Crippen LogP contribution in [-0.2, 0) is 0 Å². The topological polar surface area (TPSA) is 56.7 Å². The van der Waals surface area contributed by atoms with Gasteiger partial charge >= 0.3 is 0 Å². The molecule has 0 atom stereocenters. The third-order valence-electron chi connectivity index (χ3n) is 1.69. The van der Waals surface area contributed by atoms with Crippen LogP contribution in [0.15, 0.2) is 29.1 Å². The van der Waals surface area contributed by atoms with E-state index in [1.807, 2.05) is 0 Å². The first-order valence-electron chi connectivity index (χ1n) is 3.79. The van der Waals surface area contributed by atoms with Gasteiger partial charge in [0.25, 0.3) is 0 Å². The van der Waals surface area contributed by atoms with Crippen LogP contribution in [0.4, 0.5) is 5.82 Å². The molecule has 0 aliphatic rings. The van der Waals surface area contributed by atoms with Crippen molar-refractivity contribution >= 4 is 33.3 Å². The lowest BCUT2D eigenvalue weighted by Gasteiger charge is -2.01. The molecule has 0 saturated carbocycles. The van der Waals surface area contributed by atoms with Crippen LogP contribution in [0.2, 0.25) is 5.02 Å². The summed E-state index contributed by atoms with van der Waals surface area (Å²) in [5, 5.41) is 4.61. The normalized spacial score (nSPS) is 10.4. The second kappa shape index (κ2) is 3.59. The highest BCUT2D eigenvalue weighted by Gasteiger charge is 2.06. The molecule has 2 heterocycles. The van der Waals surface area contributed by atoms with Crippen molar-refractivity contribution < 1.29 is 0 Å². The van der Waals surface area contributed by atoms with Crippen molar-refractivity contribution in [3.63, 3.8) is 0 Å². The van der Waals surface area contributed by atoms with E-state index in [4.69, 9.17) is 17.3 Å². The van der Waals surface area contributed by atoms with E-state index in [1.54, 1.807) is 29.3 Å². The van der Waals surface area contributed by atoms with Crippen LogP contribution < -0.4 is 5.73 Å². The Balaban J connectivity index is 2.55. The number of rotatable bonds is 1. The lowest BCUT2D eigenvalue weighted by molar-refractivity contribution is 0.883. The van der Waals surface area contributed by atoms with Crippen molar-refractivity contribution in [3.8, 4) is 5.69 Å². The Labute approximate surface area is 93.8 Å². The average Bonchev–Trinajstić information content (AvgIpc) is 2.48. The minimum absolute atomic E-state index is 0.429. The molecular formula is C8H6BrClN4. The van der Waals surface area contributed by atoms with E-state index in [0.29, 0.717) is 10.8 Å². The average molecular weight is 274 g/mol. The summed E-state index contributed by atoms with van der Waals surface area (Å²) in [6, 6.07) is 1.77. The quantitative estimate of drug-likeness (QED) is 0.867. The van der Waals surface area contributed by atoms with Gasteiger partial charge in [0, 0.05) is 18.6 Å². The van der Waals surface area contributed by atoms with Crippen LogP contribution in [0.5, 0.6) is 0 Å². The smallest absolute Gasteiger partial charge is 0.160 e. The molecule has 0 spiro atoms. The fourth-order valence-corrected chi connectivity index (χ4v) is 1.52. The number of nitrogens with two attached hydrogens (primary N) is 1. The van der Waals surface area contributed by atoms with E-state index < -0.39 is 0 Å². The zero-order valence-electron chi connectivity index (χ0n) is 6.98. The lowest BCUT2D eigenvalue weighted by atomic mass is 10.4. The van der Waals surface area contributed by atoms with E-state index in [2.05, 4.69) is 26.0 Å².